The Hall–Kier alpha value is -2.94. The Kier molecular flexibility index (Phi) is 5.61. The minimum Gasteiger partial charge on any atom is -0.305 e. The summed E-state index contributed by atoms with van der Waals surface area (Å²) in [7, 11) is 0. The molecule has 3 atom stereocenters. The van der Waals surface area contributed by atoms with Crippen LogP contribution in [0.25, 0.3) is 0 Å². The summed E-state index contributed by atoms with van der Waals surface area (Å²) in [5.74, 6) is -0.772. The second-order valence-electron chi connectivity index (χ2n) is 8.65. The van der Waals surface area contributed by atoms with Crippen molar-refractivity contribution in [3.8, 4) is 18.2 Å². The van der Waals surface area contributed by atoms with Crippen LogP contribution in [0.3, 0.4) is 0 Å². The summed E-state index contributed by atoms with van der Waals surface area (Å²) in [5.41, 5.74) is 1.20. The average molecular weight is 386 g/mol. The summed E-state index contributed by atoms with van der Waals surface area (Å²) in [5, 5.41) is 38.5. The van der Waals surface area contributed by atoms with Crippen molar-refractivity contribution >= 4 is 5.71 Å². The first kappa shape index (κ1) is 20.8. The van der Waals surface area contributed by atoms with Crippen LogP contribution in [-0.4, -0.2) is 29.7 Å². The van der Waals surface area contributed by atoms with Crippen LogP contribution in [0, 0.1) is 56.7 Å². The van der Waals surface area contributed by atoms with Crippen molar-refractivity contribution in [2.24, 2.45) is 17.3 Å². The largest absolute Gasteiger partial charge is 0.305 e. The maximum Gasteiger partial charge on any atom is 0.203 e. The normalized spacial score (nSPS) is 26.2. The molecule has 1 aliphatic heterocycles. The number of benzene rings is 1. The molecule has 1 heterocycles. The van der Waals surface area contributed by atoms with Crippen LogP contribution in [0.1, 0.15) is 50.7 Å². The maximum atomic E-state index is 9.98. The van der Waals surface area contributed by atoms with Gasteiger partial charge in [-0.05, 0) is 36.5 Å². The van der Waals surface area contributed by atoms with Crippen LogP contribution in [0.5, 0.6) is 0 Å². The van der Waals surface area contributed by atoms with Crippen LogP contribution >= 0.6 is 0 Å². The molecule has 1 aromatic carbocycles. The van der Waals surface area contributed by atoms with E-state index in [1.54, 1.807) is 0 Å². The topological polar surface area (TPSA) is 98.5 Å². The highest BCUT2D eigenvalue weighted by Gasteiger charge is 2.56. The lowest BCUT2D eigenvalue weighted by Crippen LogP contribution is -2.53. The predicted molar refractivity (Wildman–Crippen MR) is 112 cm³/mol. The molecule has 1 N–H and O–H groups in total. The zero-order valence-corrected chi connectivity index (χ0v) is 17.5. The third-order valence-electron chi connectivity index (χ3n) is 6.51. The van der Waals surface area contributed by atoms with Crippen molar-refractivity contribution in [2.75, 3.05) is 13.1 Å². The molecule has 1 fully saturated rings. The first-order valence-corrected chi connectivity index (χ1v) is 10.2. The van der Waals surface area contributed by atoms with E-state index in [1.807, 2.05) is 6.08 Å². The van der Waals surface area contributed by atoms with Crippen molar-refractivity contribution in [2.45, 2.75) is 45.6 Å². The van der Waals surface area contributed by atoms with Gasteiger partial charge in [0, 0.05) is 31.0 Å². The Morgan fingerprint density at radius 2 is 1.69 bits per heavy atom. The molecule has 29 heavy (non-hydrogen) atoms. The summed E-state index contributed by atoms with van der Waals surface area (Å²) in [4.78, 5) is 2.30. The molecular formula is C24H27N5. The Morgan fingerprint density at radius 3 is 2.17 bits per heavy atom. The highest BCUT2D eigenvalue weighted by Crippen LogP contribution is 2.52. The van der Waals surface area contributed by atoms with Gasteiger partial charge in [0.05, 0.1) is 29.8 Å². The second-order valence-corrected chi connectivity index (χ2v) is 8.65. The molecular weight excluding hydrogens is 358 g/mol. The molecule has 2 aliphatic rings. The molecule has 0 amide bonds. The van der Waals surface area contributed by atoms with Crippen molar-refractivity contribution in [3.05, 3.63) is 47.0 Å². The van der Waals surface area contributed by atoms with E-state index in [1.165, 1.54) is 5.56 Å². The molecule has 3 rings (SSSR count). The van der Waals surface area contributed by atoms with Crippen LogP contribution in [-0.2, 0) is 0 Å². The standard InChI is InChI=1S/C24H27N5/c1-15(2)17-5-7-18(8-6-17)22-19(11-25)23(28)24(13-26,14-27)21-9-10-29(16(3)4)12-20(21)22/h5-9,15-16,19-20,22,28H,10,12H2,1-4H3/t19?,20-,22-/m0/s1. The quantitative estimate of drug-likeness (QED) is 0.781. The van der Waals surface area contributed by atoms with Gasteiger partial charge in [0.2, 0.25) is 5.41 Å². The Labute approximate surface area is 173 Å². The molecule has 0 saturated heterocycles. The lowest BCUT2D eigenvalue weighted by Gasteiger charge is -2.48. The van der Waals surface area contributed by atoms with Gasteiger partial charge in [0.25, 0.3) is 0 Å². The van der Waals surface area contributed by atoms with Crippen LogP contribution in [0.4, 0.5) is 0 Å². The fraction of sp³-hybridized carbons (Fsp3) is 0.500. The molecule has 1 saturated carbocycles. The van der Waals surface area contributed by atoms with Gasteiger partial charge in [-0.15, -0.1) is 0 Å². The van der Waals surface area contributed by atoms with Gasteiger partial charge in [0.1, 0.15) is 0 Å². The SMILES string of the molecule is CC(C)c1ccc([C@H]2C(C#N)C(=N)C(C#N)(C#N)C3=CCN(C(C)C)C[C@@H]32)cc1. The molecule has 1 aliphatic carbocycles. The lowest BCUT2D eigenvalue weighted by atomic mass is 9.55. The van der Waals surface area contributed by atoms with E-state index in [2.05, 4.69) is 75.1 Å². The van der Waals surface area contributed by atoms with Gasteiger partial charge < -0.3 is 5.41 Å². The first-order valence-electron chi connectivity index (χ1n) is 10.2. The van der Waals surface area contributed by atoms with Gasteiger partial charge >= 0.3 is 0 Å². The number of rotatable bonds is 3. The van der Waals surface area contributed by atoms with Gasteiger partial charge in [-0.25, -0.2) is 0 Å². The Balaban J connectivity index is 2.17. The summed E-state index contributed by atoms with van der Waals surface area (Å²) in [6.07, 6.45) is 1.96. The monoisotopic (exact) mass is 385 g/mol. The molecule has 1 aromatic rings. The van der Waals surface area contributed by atoms with Gasteiger partial charge in [-0.3, -0.25) is 4.90 Å². The number of hydrogen-bond acceptors (Lipinski definition) is 5. The number of hydrogen-bond donors (Lipinski definition) is 1. The van der Waals surface area contributed by atoms with E-state index in [-0.39, 0.29) is 17.5 Å². The van der Waals surface area contributed by atoms with E-state index in [0.717, 1.165) is 5.56 Å². The molecule has 148 valence electrons. The smallest absolute Gasteiger partial charge is 0.203 e. The van der Waals surface area contributed by atoms with E-state index >= 15 is 0 Å². The van der Waals surface area contributed by atoms with Crippen LogP contribution < -0.4 is 0 Å². The maximum absolute atomic E-state index is 9.98. The third-order valence-corrected chi connectivity index (χ3v) is 6.51. The van der Waals surface area contributed by atoms with E-state index in [0.29, 0.717) is 30.6 Å². The van der Waals surface area contributed by atoms with E-state index in [4.69, 9.17) is 5.41 Å². The Bertz CT molecular complexity index is 935. The van der Waals surface area contributed by atoms with Gasteiger partial charge in [-0.1, -0.05) is 44.2 Å². The highest BCUT2D eigenvalue weighted by molar-refractivity contribution is 6.01. The van der Waals surface area contributed by atoms with Crippen LogP contribution in [0.2, 0.25) is 0 Å². The minimum atomic E-state index is -1.64. The molecule has 0 bridgehead atoms. The third kappa shape index (κ3) is 3.25. The van der Waals surface area contributed by atoms with Crippen molar-refractivity contribution in [3.63, 3.8) is 0 Å². The summed E-state index contributed by atoms with van der Waals surface area (Å²) >= 11 is 0. The van der Waals surface area contributed by atoms with Gasteiger partial charge in [0.15, 0.2) is 0 Å². The molecule has 0 aromatic heterocycles. The summed E-state index contributed by atoms with van der Waals surface area (Å²) in [6, 6.07) is 15.0. The zero-order chi connectivity index (χ0) is 21.3. The Morgan fingerprint density at radius 1 is 1.07 bits per heavy atom. The van der Waals surface area contributed by atoms with E-state index in [9.17, 15) is 15.8 Å². The fourth-order valence-electron chi connectivity index (χ4n) is 4.70. The average Bonchev–Trinajstić information content (AvgIpc) is 2.73. The minimum absolute atomic E-state index is 0.0802. The molecule has 5 nitrogen and oxygen atoms in total. The number of fused-ring (bicyclic) bond motifs is 1. The van der Waals surface area contributed by atoms with Crippen molar-refractivity contribution in [1.29, 1.82) is 21.2 Å². The molecule has 5 heteroatoms. The summed E-state index contributed by atoms with van der Waals surface area (Å²) < 4.78 is 0. The fourth-order valence-corrected chi connectivity index (χ4v) is 4.70. The lowest BCUT2D eigenvalue weighted by molar-refractivity contribution is 0.175. The summed E-state index contributed by atoms with van der Waals surface area (Å²) in [6.45, 7) is 9.86. The molecule has 0 spiro atoms. The number of nitrogens with one attached hydrogen (secondary N) is 1. The number of nitrogens with zero attached hydrogens (tertiary/aromatic N) is 4. The molecule has 1 unspecified atom stereocenters. The van der Waals surface area contributed by atoms with Crippen LogP contribution in [0.15, 0.2) is 35.9 Å². The molecule has 0 radical (unpaired) electrons. The van der Waals surface area contributed by atoms with E-state index < -0.39 is 11.3 Å². The second kappa shape index (κ2) is 7.82. The number of nitriles is 3. The van der Waals surface area contributed by atoms with Crippen molar-refractivity contribution < 1.29 is 0 Å². The predicted octanol–water partition coefficient (Wildman–Crippen LogP) is 4.37. The first-order chi connectivity index (χ1) is 13.8. The zero-order valence-electron chi connectivity index (χ0n) is 17.5. The van der Waals surface area contributed by atoms with Crippen molar-refractivity contribution in [1.82, 2.24) is 4.90 Å². The highest BCUT2D eigenvalue weighted by atomic mass is 15.2. The van der Waals surface area contributed by atoms with Gasteiger partial charge in [-0.2, -0.15) is 15.8 Å².